The molecule has 1 spiro atoms. The number of hydrogen-bond acceptors (Lipinski definition) is 5. The predicted molar refractivity (Wildman–Crippen MR) is 103 cm³/mol. The first kappa shape index (κ1) is 20.0. The SMILES string of the molecule is CCOc1ccc(NC(=O)CCCN2C(=O)NC3(CCCC3)C2=O)cc1OC. The lowest BCUT2D eigenvalue weighted by Gasteiger charge is -2.19. The van der Waals surface area contributed by atoms with Gasteiger partial charge in [0.1, 0.15) is 5.54 Å². The molecule has 28 heavy (non-hydrogen) atoms. The fourth-order valence-electron chi connectivity index (χ4n) is 3.84. The van der Waals surface area contributed by atoms with Gasteiger partial charge in [-0.05, 0) is 38.3 Å². The number of nitrogens with zero attached hydrogens (tertiary/aromatic N) is 1. The Hall–Kier alpha value is -2.77. The number of carbonyl (C=O) groups excluding carboxylic acids is 3. The topological polar surface area (TPSA) is 97.0 Å². The van der Waals surface area contributed by atoms with Crippen LogP contribution >= 0.6 is 0 Å². The van der Waals surface area contributed by atoms with Gasteiger partial charge in [-0.1, -0.05) is 12.8 Å². The summed E-state index contributed by atoms with van der Waals surface area (Å²) in [5.41, 5.74) is -0.0942. The van der Waals surface area contributed by atoms with E-state index in [0.717, 1.165) is 12.8 Å². The summed E-state index contributed by atoms with van der Waals surface area (Å²) in [4.78, 5) is 38.2. The minimum absolute atomic E-state index is 0.147. The van der Waals surface area contributed by atoms with Crippen molar-refractivity contribution in [3.63, 3.8) is 0 Å². The van der Waals surface area contributed by atoms with E-state index in [9.17, 15) is 14.4 Å². The summed E-state index contributed by atoms with van der Waals surface area (Å²) in [6, 6.07) is 4.84. The number of amides is 4. The quantitative estimate of drug-likeness (QED) is 0.666. The third-order valence-corrected chi connectivity index (χ3v) is 5.24. The molecule has 2 aliphatic rings. The van der Waals surface area contributed by atoms with Gasteiger partial charge in [-0.25, -0.2) is 4.79 Å². The molecule has 2 N–H and O–H groups in total. The van der Waals surface area contributed by atoms with Gasteiger partial charge in [0.05, 0.1) is 13.7 Å². The van der Waals surface area contributed by atoms with Crippen LogP contribution in [0.15, 0.2) is 18.2 Å². The van der Waals surface area contributed by atoms with Crippen molar-refractivity contribution in [3.05, 3.63) is 18.2 Å². The second-order valence-corrected chi connectivity index (χ2v) is 7.13. The molecule has 152 valence electrons. The van der Waals surface area contributed by atoms with E-state index in [-0.39, 0.29) is 30.8 Å². The van der Waals surface area contributed by atoms with Crippen molar-refractivity contribution < 1.29 is 23.9 Å². The third-order valence-electron chi connectivity index (χ3n) is 5.24. The van der Waals surface area contributed by atoms with Gasteiger partial charge < -0.3 is 20.1 Å². The van der Waals surface area contributed by atoms with E-state index in [1.54, 1.807) is 25.3 Å². The van der Waals surface area contributed by atoms with Gasteiger partial charge in [0.15, 0.2) is 11.5 Å². The van der Waals surface area contributed by atoms with E-state index in [4.69, 9.17) is 9.47 Å². The lowest BCUT2D eigenvalue weighted by Crippen LogP contribution is -2.44. The molecule has 1 heterocycles. The number of ether oxygens (including phenoxy) is 2. The van der Waals surface area contributed by atoms with Crippen LogP contribution in [0.25, 0.3) is 0 Å². The Labute approximate surface area is 164 Å². The Balaban J connectivity index is 1.50. The molecule has 0 radical (unpaired) electrons. The maximum Gasteiger partial charge on any atom is 0.325 e. The van der Waals surface area contributed by atoms with Gasteiger partial charge in [-0.15, -0.1) is 0 Å². The van der Waals surface area contributed by atoms with Gasteiger partial charge in [0.2, 0.25) is 5.91 Å². The number of anilines is 1. The minimum Gasteiger partial charge on any atom is -0.493 e. The maximum absolute atomic E-state index is 12.6. The maximum atomic E-state index is 12.6. The summed E-state index contributed by atoms with van der Waals surface area (Å²) >= 11 is 0. The van der Waals surface area contributed by atoms with Crippen molar-refractivity contribution in [3.8, 4) is 11.5 Å². The lowest BCUT2D eigenvalue weighted by atomic mass is 9.98. The number of carbonyl (C=O) groups is 3. The zero-order valence-electron chi connectivity index (χ0n) is 16.4. The zero-order valence-corrected chi connectivity index (χ0v) is 16.4. The molecule has 1 saturated heterocycles. The van der Waals surface area contributed by atoms with Crippen LogP contribution in [0.2, 0.25) is 0 Å². The molecule has 1 aliphatic heterocycles. The number of methoxy groups -OCH3 is 1. The van der Waals surface area contributed by atoms with Crippen LogP contribution in [0, 0.1) is 0 Å². The molecule has 8 nitrogen and oxygen atoms in total. The smallest absolute Gasteiger partial charge is 0.325 e. The second-order valence-electron chi connectivity index (χ2n) is 7.13. The summed E-state index contributed by atoms with van der Waals surface area (Å²) in [6.07, 6.45) is 3.93. The average molecular weight is 389 g/mol. The van der Waals surface area contributed by atoms with E-state index in [1.807, 2.05) is 6.92 Å². The van der Waals surface area contributed by atoms with Gasteiger partial charge in [0.25, 0.3) is 5.91 Å². The molecule has 3 rings (SSSR count). The molecule has 8 heteroatoms. The molecular weight excluding hydrogens is 362 g/mol. The van der Waals surface area contributed by atoms with Crippen molar-refractivity contribution in [1.82, 2.24) is 10.2 Å². The molecule has 1 aromatic carbocycles. The largest absolute Gasteiger partial charge is 0.493 e. The molecule has 0 bridgehead atoms. The number of imide groups is 1. The molecule has 0 atom stereocenters. The first-order valence-electron chi connectivity index (χ1n) is 9.74. The van der Waals surface area contributed by atoms with Crippen molar-refractivity contribution in [2.75, 3.05) is 25.6 Å². The molecule has 1 saturated carbocycles. The highest BCUT2D eigenvalue weighted by molar-refractivity contribution is 6.07. The van der Waals surface area contributed by atoms with Crippen LogP contribution in [0.1, 0.15) is 45.4 Å². The number of benzene rings is 1. The normalized spacial score (nSPS) is 17.7. The van der Waals surface area contributed by atoms with Gasteiger partial charge in [-0.2, -0.15) is 0 Å². The average Bonchev–Trinajstić information content (AvgIpc) is 3.23. The first-order chi connectivity index (χ1) is 13.5. The molecule has 0 unspecified atom stereocenters. The van der Waals surface area contributed by atoms with E-state index in [0.29, 0.717) is 43.1 Å². The highest BCUT2D eigenvalue weighted by Crippen LogP contribution is 2.35. The Bertz CT molecular complexity index is 758. The number of rotatable bonds is 8. The number of hydrogen-bond donors (Lipinski definition) is 2. The molecule has 1 aliphatic carbocycles. The van der Waals surface area contributed by atoms with Gasteiger partial charge in [-0.3, -0.25) is 14.5 Å². The van der Waals surface area contributed by atoms with Crippen molar-refractivity contribution in [1.29, 1.82) is 0 Å². The fourth-order valence-corrected chi connectivity index (χ4v) is 3.84. The summed E-state index contributed by atoms with van der Waals surface area (Å²) in [7, 11) is 1.54. The van der Waals surface area contributed by atoms with Crippen LogP contribution in [0.4, 0.5) is 10.5 Å². The Morgan fingerprint density at radius 2 is 2.00 bits per heavy atom. The van der Waals surface area contributed by atoms with Crippen LogP contribution in [0.5, 0.6) is 11.5 Å². The number of urea groups is 1. The molecule has 1 aromatic rings. The van der Waals surface area contributed by atoms with Crippen molar-refractivity contribution >= 4 is 23.5 Å². The number of nitrogens with one attached hydrogen (secondary N) is 2. The molecule has 4 amide bonds. The van der Waals surface area contributed by atoms with E-state index in [2.05, 4.69) is 10.6 Å². The van der Waals surface area contributed by atoms with Crippen LogP contribution in [0.3, 0.4) is 0 Å². The first-order valence-corrected chi connectivity index (χ1v) is 9.74. The molecule has 2 fully saturated rings. The highest BCUT2D eigenvalue weighted by atomic mass is 16.5. The van der Waals surface area contributed by atoms with Crippen LogP contribution in [-0.2, 0) is 9.59 Å². The van der Waals surface area contributed by atoms with Crippen LogP contribution in [-0.4, -0.2) is 48.5 Å². The molecular formula is C20H27N3O5. The lowest BCUT2D eigenvalue weighted by molar-refractivity contribution is -0.131. The Morgan fingerprint density at radius 3 is 2.68 bits per heavy atom. The minimum atomic E-state index is -0.696. The van der Waals surface area contributed by atoms with Crippen molar-refractivity contribution in [2.45, 2.75) is 51.0 Å². The summed E-state index contributed by atoms with van der Waals surface area (Å²) < 4.78 is 10.7. The molecule has 0 aromatic heterocycles. The zero-order chi connectivity index (χ0) is 20.1. The fraction of sp³-hybridized carbons (Fsp3) is 0.550. The van der Waals surface area contributed by atoms with E-state index in [1.165, 1.54) is 4.90 Å². The summed E-state index contributed by atoms with van der Waals surface area (Å²) in [6.45, 7) is 2.65. The standard InChI is InChI=1S/C20H27N3O5/c1-3-28-15-9-8-14(13-16(15)27-2)21-17(24)7-6-12-23-18(25)20(22-19(23)26)10-4-5-11-20/h8-9,13H,3-7,10-12H2,1-2H3,(H,21,24)(H,22,26). The predicted octanol–water partition coefficient (Wildman–Crippen LogP) is 2.68. The summed E-state index contributed by atoms with van der Waals surface area (Å²) in [5, 5.41) is 5.65. The van der Waals surface area contributed by atoms with E-state index < -0.39 is 5.54 Å². The van der Waals surface area contributed by atoms with E-state index >= 15 is 0 Å². The Kier molecular flexibility index (Phi) is 6.06. The van der Waals surface area contributed by atoms with Gasteiger partial charge >= 0.3 is 6.03 Å². The third kappa shape index (κ3) is 4.05. The second kappa shape index (κ2) is 8.50. The highest BCUT2D eigenvalue weighted by Gasteiger charge is 2.51. The van der Waals surface area contributed by atoms with Gasteiger partial charge in [0, 0.05) is 24.7 Å². The monoisotopic (exact) mass is 389 g/mol. The van der Waals surface area contributed by atoms with Crippen LogP contribution < -0.4 is 20.1 Å². The summed E-state index contributed by atoms with van der Waals surface area (Å²) in [5.74, 6) is 0.823. The Morgan fingerprint density at radius 1 is 1.25 bits per heavy atom. The van der Waals surface area contributed by atoms with Crippen molar-refractivity contribution in [2.24, 2.45) is 0 Å².